The molecule has 8 aromatic rings. The summed E-state index contributed by atoms with van der Waals surface area (Å²) >= 11 is 0. The molecule has 0 aliphatic rings. The van der Waals surface area contributed by atoms with Gasteiger partial charge in [-0.15, -0.1) is 0 Å². The molecule has 0 unspecified atom stereocenters. The zero-order valence-electron chi connectivity index (χ0n) is 21.6. The summed E-state index contributed by atoms with van der Waals surface area (Å²) in [5.41, 5.74) is 2.93. The molecule has 0 aliphatic heterocycles. The van der Waals surface area contributed by atoms with E-state index in [2.05, 4.69) is 78.9 Å². The maximum Gasteiger partial charge on any atom is 0.164 e. The summed E-state index contributed by atoms with van der Waals surface area (Å²) in [6.45, 7) is 0. The largest absolute Gasteiger partial charge is 0.208 e. The highest BCUT2D eigenvalue weighted by Crippen LogP contribution is 2.41. The maximum absolute atomic E-state index is 5.10. The second-order valence-electron chi connectivity index (χ2n) is 10.1. The lowest BCUT2D eigenvalue weighted by molar-refractivity contribution is 1.08. The van der Waals surface area contributed by atoms with E-state index in [9.17, 15) is 0 Å². The minimum absolute atomic E-state index is 0.663. The van der Waals surface area contributed by atoms with Crippen LogP contribution >= 0.6 is 0 Å². The Hall–Kier alpha value is -5.41. The molecule has 0 fully saturated rings. The summed E-state index contributed by atoms with van der Waals surface area (Å²) in [5.74, 6) is 2.00. The van der Waals surface area contributed by atoms with Crippen LogP contribution in [0.4, 0.5) is 0 Å². The molecule has 186 valence electrons. The van der Waals surface area contributed by atoms with E-state index in [4.69, 9.17) is 15.0 Å². The molecule has 3 heteroatoms. The molecular weight excluding hydrogens is 486 g/mol. The Balaban J connectivity index is 1.53. The molecule has 8 rings (SSSR count). The Morgan fingerprint density at radius 3 is 1.43 bits per heavy atom. The van der Waals surface area contributed by atoms with Crippen LogP contribution in [0.2, 0.25) is 0 Å². The van der Waals surface area contributed by atoms with Gasteiger partial charge in [-0.25, -0.2) is 15.0 Å². The van der Waals surface area contributed by atoms with Crippen molar-refractivity contribution in [3.8, 4) is 34.2 Å². The molecule has 1 heterocycles. The monoisotopic (exact) mass is 509 g/mol. The van der Waals surface area contributed by atoms with Crippen molar-refractivity contribution in [3.05, 3.63) is 140 Å². The summed E-state index contributed by atoms with van der Waals surface area (Å²) < 4.78 is 0. The minimum Gasteiger partial charge on any atom is -0.208 e. The van der Waals surface area contributed by atoms with Crippen LogP contribution in [0.5, 0.6) is 0 Å². The Kier molecular flexibility index (Phi) is 5.14. The summed E-state index contributed by atoms with van der Waals surface area (Å²) in [4.78, 5) is 15.1. The van der Waals surface area contributed by atoms with E-state index in [0.717, 1.165) is 22.1 Å². The Morgan fingerprint density at radius 1 is 0.325 bits per heavy atom. The van der Waals surface area contributed by atoms with Crippen LogP contribution in [0, 0.1) is 0 Å². The average Bonchev–Trinajstić information content (AvgIpc) is 3.04. The van der Waals surface area contributed by atoms with E-state index in [1.54, 1.807) is 0 Å². The van der Waals surface area contributed by atoms with E-state index in [1.807, 2.05) is 60.7 Å². The molecule has 1 aromatic heterocycles. The van der Waals surface area contributed by atoms with E-state index in [-0.39, 0.29) is 0 Å². The lowest BCUT2D eigenvalue weighted by atomic mass is 9.90. The SMILES string of the molecule is c1ccc(-c2nc(-c3ccccc3)nc(-c3cc4ccc5ccccc5c4c4ccc5ccccc5c34)n2)cc1. The van der Waals surface area contributed by atoms with Gasteiger partial charge in [0.2, 0.25) is 0 Å². The number of benzene rings is 7. The normalized spacial score (nSPS) is 11.5. The maximum atomic E-state index is 5.10. The van der Waals surface area contributed by atoms with Gasteiger partial charge in [0.05, 0.1) is 0 Å². The van der Waals surface area contributed by atoms with Gasteiger partial charge in [0, 0.05) is 22.1 Å². The summed E-state index contributed by atoms with van der Waals surface area (Å²) in [5, 5.41) is 9.64. The number of nitrogens with zero attached hydrogens (tertiary/aromatic N) is 3. The number of aromatic nitrogens is 3. The first-order valence-electron chi connectivity index (χ1n) is 13.5. The summed E-state index contributed by atoms with van der Waals surface area (Å²) in [6.07, 6.45) is 0. The fourth-order valence-corrected chi connectivity index (χ4v) is 5.81. The first-order valence-corrected chi connectivity index (χ1v) is 13.5. The van der Waals surface area contributed by atoms with Gasteiger partial charge in [-0.2, -0.15) is 0 Å². The summed E-state index contributed by atoms with van der Waals surface area (Å²) in [6, 6.07) is 48.6. The first-order chi connectivity index (χ1) is 19.8. The predicted molar refractivity (Wildman–Crippen MR) is 166 cm³/mol. The van der Waals surface area contributed by atoms with Crippen LogP contribution in [0.15, 0.2) is 140 Å². The predicted octanol–water partition coefficient (Wildman–Crippen LogP) is 9.49. The zero-order valence-corrected chi connectivity index (χ0v) is 21.6. The van der Waals surface area contributed by atoms with Gasteiger partial charge in [-0.3, -0.25) is 0 Å². The van der Waals surface area contributed by atoms with E-state index < -0.39 is 0 Å². The third-order valence-corrected chi connectivity index (χ3v) is 7.67. The van der Waals surface area contributed by atoms with Crippen molar-refractivity contribution in [2.75, 3.05) is 0 Å². The van der Waals surface area contributed by atoms with E-state index in [1.165, 1.54) is 37.7 Å². The number of hydrogen-bond donors (Lipinski definition) is 0. The summed E-state index contributed by atoms with van der Waals surface area (Å²) in [7, 11) is 0. The molecular formula is C37H23N3. The average molecular weight is 510 g/mol. The van der Waals surface area contributed by atoms with Crippen LogP contribution in [-0.4, -0.2) is 15.0 Å². The molecule has 40 heavy (non-hydrogen) atoms. The van der Waals surface area contributed by atoms with Gasteiger partial charge < -0.3 is 0 Å². The fourth-order valence-electron chi connectivity index (χ4n) is 5.81. The molecule has 7 aromatic carbocycles. The molecule has 0 amide bonds. The Morgan fingerprint density at radius 2 is 0.800 bits per heavy atom. The molecule has 0 saturated heterocycles. The second-order valence-corrected chi connectivity index (χ2v) is 10.1. The zero-order chi connectivity index (χ0) is 26.5. The van der Waals surface area contributed by atoms with Crippen LogP contribution in [0.25, 0.3) is 77.3 Å². The second kappa shape index (κ2) is 9.11. The first kappa shape index (κ1) is 22.6. The van der Waals surface area contributed by atoms with Crippen LogP contribution < -0.4 is 0 Å². The van der Waals surface area contributed by atoms with Crippen molar-refractivity contribution in [2.24, 2.45) is 0 Å². The highest BCUT2D eigenvalue weighted by Gasteiger charge is 2.18. The number of hydrogen-bond acceptors (Lipinski definition) is 3. The molecule has 3 nitrogen and oxygen atoms in total. The Labute approximate surface area is 231 Å². The topological polar surface area (TPSA) is 38.7 Å². The molecule has 0 radical (unpaired) electrons. The molecule has 0 N–H and O–H groups in total. The third-order valence-electron chi connectivity index (χ3n) is 7.67. The molecule has 0 saturated carbocycles. The van der Waals surface area contributed by atoms with Crippen molar-refractivity contribution in [1.82, 2.24) is 15.0 Å². The fraction of sp³-hybridized carbons (Fsp3) is 0. The third kappa shape index (κ3) is 3.63. The van der Waals surface area contributed by atoms with Gasteiger partial charge in [-0.05, 0) is 43.8 Å². The molecule has 0 atom stereocenters. The van der Waals surface area contributed by atoms with Crippen molar-refractivity contribution in [2.45, 2.75) is 0 Å². The number of fused-ring (bicyclic) bond motifs is 7. The van der Waals surface area contributed by atoms with Crippen molar-refractivity contribution >= 4 is 43.1 Å². The van der Waals surface area contributed by atoms with Gasteiger partial charge in [0.15, 0.2) is 17.5 Å². The van der Waals surface area contributed by atoms with Crippen LogP contribution in [-0.2, 0) is 0 Å². The van der Waals surface area contributed by atoms with Gasteiger partial charge in [0.25, 0.3) is 0 Å². The van der Waals surface area contributed by atoms with Crippen LogP contribution in [0.1, 0.15) is 0 Å². The number of rotatable bonds is 3. The smallest absolute Gasteiger partial charge is 0.164 e. The highest BCUT2D eigenvalue weighted by molar-refractivity contribution is 6.28. The van der Waals surface area contributed by atoms with Gasteiger partial charge in [-0.1, -0.05) is 133 Å². The van der Waals surface area contributed by atoms with E-state index >= 15 is 0 Å². The van der Waals surface area contributed by atoms with E-state index in [0.29, 0.717) is 17.5 Å². The minimum atomic E-state index is 0.663. The molecule has 0 bridgehead atoms. The molecule has 0 aliphatic carbocycles. The standard InChI is InChI=1S/C37H23N3/c1-3-13-26(14-4-1)35-38-36(27-15-5-2-6-16-27)40-37(39-35)32-23-28-20-19-24-11-7-9-17-29(24)33(28)31-22-21-25-12-8-10-18-30(25)34(31)32/h1-23H. The quantitative estimate of drug-likeness (QED) is 0.223. The van der Waals surface area contributed by atoms with Gasteiger partial charge in [0.1, 0.15) is 0 Å². The Bertz CT molecular complexity index is 2150. The highest BCUT2D eigenvalue weighted by atomic mass is 15.0. The van der Waals surface area contributed by atoms with Crippen molar-refractivity contribution < 1.29 is 0 Å². The lowest BCUT2D eigenvalue weighted by Crippen LogP contribution is -2.01. The van der Waals surface area contributed by atoms with Crippen LogP contribution in [0.3, 0.4) is 0 Å². The van der Waals surface area contributed by atoms with Crippen molar-refractivity contribution in [3.63, 3.8) is 0 Å². The lowest BCUT2D eigenvalue weighted by Gasteiger charge is -2.15. The van der Waals surface area contributed by atoms with Crippen molar-refractivity contribution in [1.29, 1.82) is 0 Å². The molecule has 0 spiro atoms. The van der Waals surface area contributed by atoms with Gasteiger partial charge >= 0.3 is 0 Å².